The van der Waals surface area contributed by atoms with Gasteiger partial charge < -0.3 is 38.2 Å². The maximum Gasteiger partial charge on any atom is 0.246 e. The minimum atomic E-state index is -0.807. The predicted octanol–water partition coefficient (Wildman–Crippen LogP) is 7.77. The average Bonchev–Trinajstić information content (AvgIpc) is 3.69. The molecule has 4 aromatic carbocycles. The van der Waals surface area contributed by atoms with Crippen molar-refractivity contribution in [1.29, 1.82) is 0 Å². The summed E-state index contributed by atoms with van der Waals surface area (Å²) in [4.78, 5) is 58.6. The zero-order valence-electron chi connectivity index (χ0n) is 43.8. The van der Waals surface area contributed by atoms with Gasteiger partial charge >= 0.3 is 0 Å². The monoisotopic (exact) mass is 993 g/mol. The molecule has 0 bridgehead atoms. The van der Waals surface area contributed by atoms with Crippen molar-refractivity contribution in [2.24, 2.45) is 5.92 Å². The zero-order chi connectivity index (χ0) is 51.0. The summed E-state index contributed by atoms with van der Waals surface area (Å²) in [5, 5.41) is 8.89. The normalized spacial score (nSPS) is 16.0. The molecular weight excluding hydrogens is 916 g/mol. The second-order valence-electron chi connectivity index (χ2n) is 20.4. The van der Waals surface area contributed by atoms with Crippen molar-refractivity contribution in [2.75, 3.05) is 25.0 Å². The predicted molar refractivity (Wildman–Crippen MR) is 289 cm³/mol. The van der Waals surface area contributed by atoms with Crippen LogP contribution in [0.15, 0.2) is 157 Å². The molecule has 3 N–H and O–H groups in total. The maximum atomic E-state index is 13.9. The number of nitrogens with zero attached hydrogens (tertiary/aromatic N) is 3. The third kappa shape index (κ3) is 14.8. The molecule has 0 saturated heterocycles. The molecule has 6 rings (SSSR count). The van der Waals surface area contributed by atoms with Crippen molar-refractivity contribution in [2.45, 2.75) is 129 Å². The van der Waals surface area contributed by atoms with Gasteiger partial charge in [-0.15, -0.1) is 0 Å². The number of fused-ring (bicyclic) bond motifs is 2. The minimum absolute atomic E-state index is 0. The van der Waals surface area contributed by atoms with Gasteiger partial charge in [-0.1, -0.05) is 169 Å². The third-order valence-electron chi connectivity index (χ3n) is 13.7. The van der Waals surface area contributed by atoms with Crippen LogP contribution in [-0.2, 0) is 43.1 Å². The van der Waals surface area contributed by atoms with Gasteiger partial charge in [0.15, 0.2) is 5.71 Å². The van der Waals surface area contributed by atoms with Gasteiger partial charge in [0, 0.05) is 73.2 Å². The van der Waals surface area contributed by atoms with E-state index in [0.29, 0.717) is 32.4 Å². The quantitative estimate of drug-likeness (QED) is 0.0288. The molecule has 0 saturated carbocycles. The molecule has 0 radical (unpaired) electrons. The van der Waals surface area contributed by atoms with Gasteiger partial charge in [-0.3, -0.25) is 19.2 Å². The van der Waals surface area contributed by atoms with E-state index in [0.717, 1.165) is 36.9 Å². The number of para-hydroxylation sites is 2. The highest BCUT2D eigenvalue weighted by atomic mass is 35.5. The van der Waals surface area contributed by atoms with Crippen LogP contribution >= 0.6 is 0 Å². The summed E-state index contributed by atoms with van der Waals surface area (Å²) in [5.74, 6) is -0.946. The first-order chi connectivity index (χ1) is 34.1. The molecule has 2 aliphatic heterocycles. The van der Waals surface area contributed by atoms with Gasteiger partial charge in [-0.25, -0.2) is 0 Å². The molecule has 2 heterocycles. The van der Waals surface area contributed by atoms with Crippen molar-refractivity contribution >= 4 is 40.7 Å². The summed E-state index contributed by atoms with van der Waals surface area (Å²) >= 11 is 0. The lowest BCUT2D eigenvalue weighted by atomic mass is 9.81. The van der Waals surface area contributed by atoms with Crippen molar-refractivity contribution in [3.8, 4) is 0 Å². The van der Waals surface area contributed by atoms with E-state index in [1.165, 1.54) is 40.0 Å². The summed E-state index contributed by atoms with van der Waals surface area (Å²) < 4.78 is 2.28. The van der Waals surface area contributed by atoms with Gasteiger partial charge in [0.2, 0.25) is 29.3 Å². The fraction of sp³-hybridized carbons (Fsp3) is 0.393. The second kappa shape index (κ2) is 26.8. The van der Waals surface area contributed by atoms with E-state index in [1.54, 1.807) is 11.0 Å². The highest BCUT2D eigenvalue weighted by Crippen LogP contribution is 2.47. The number of benzene rings is 4. The Morgan fingerprint density at radius 1 is 0.708 bits per heavy atom. The van der Waals surface area contributed by atoms with Crippen LogP contribution < -0.4 is 33.3 Å². The number of allylic oxidation sites excluding steroid dienone is 6. The molecule has 2 atom stereocenters. The summed E-state index contributed by atoms with van der Waals surface area (Å²) in [7, 11) is 2.13. The summed E-state index contributed by atoms with van der Waals surface area (Å²) in [5.41, 5.74) is 9.24. The number of amides is 4. The molecule has 0 unspecified atom stereocenters. The first-order valence-electron chi connectivity index (χ1n) is 25.7. The van der Waals surface area contributed by atoms with E-state index in [2.05, 4.69) is 139 Å². The largest absolute Gasteiger partial charge is 1.00 e. The lowest BCUT2D eigenvalue weighted by Crippen LogP contribution is -3.00. The number of carbonyl (C=O) groups is 4. The van der Waals surface area contributed by atoms with Crippen molar-refractivity contribution < 1.29 is 36.2 Å². The number of hydrogen-bond donors (Lipinski definition) is 3. The van der Waals surface area contributed by atoms with Crippen LogP contribution in [0.25, 0.3) is 0 Å². The summed E-state index contributed by atoms with van der Waals surface area (Å²) in [6.45, 7) is 16.9. The Kier molecular flexibility index (Phi) is 21.0. The molecule has 11 heteroatoms. The highest BCUT2D eigenvalue weighted by Gasteiger charge is 2.43. The molecule has 72 heavy (non-hydrogen) atoms. The Bertz CT molecular complexity index is 2570. The molecule has 2 aliphatic rings. The lowest BCUT2D eigenvalue weighted by molar-refractivity contribution is -0.401. The number of hydrogen-bond acceptors (Lipinski definition) is 5. The van der Waals surface area contributed by atoms with Crippen LogP contribution in [0, 0.1) is 5.92 Å². The van der Waals surface area contributed by atoms with Gasteiger partial charge in [-0.05, 0) is 74.3 Å². The Morgan fingerprint density at radius 2 is 1.33 bits per heavy atom. The average molecular weight is 994 g/mol. The molecule has 4 aromatic rings. The van der Waals surface area contributed by atoms with Crippen molar-refractivity contribution in [3.63, 3.8) is 0 Å². The fourth-order valence-corrected chi connectivity index (χ4v) is 9.88. The van der Waals surface area contributed by atoms with Gasteiger partial charge in [-0.2, -0.15) is 4.58 Å². The van der Waals surface area contributed by atoms with Crippen molar-refractivity contribution in [1.82, 2.24) is 20.9 Å². The van der Waals surface area contributed by atoms with E-state index >= 15 is 0 Å². The van der Waals surface area contributed by atoms with Crippen LogP contribution in [0.3, 0.4) is 0 Å². The maximum absolute atomic E-state index is 13.9. The van der Waals surface area contributed by atoms with E-state index in [1.807, 2.05) is 81.4 Å². The summed E-state index contributed by atoms with van der Waals surface area (Å²) in [6.07, 6.45) is 18.1. The van der Waals surface area contributed by atoms with E-state index in [-0.39, 0.29) is 65.7 Å². The fourth-order valence-electron chi connectivity index (χ4n) is 9.88. The van der Waals surface area contributed by atoms with Crippen LogP contribution in [0.1, 0.15) is 116 Å². The third-order valence-corrected chi connectivity index (χ3v) is 13.7. The number of carbonyl (C=O) groups excluding carboxylic acids is 4. The van der Waals surface area contributed by atoms with E-state index in [4.69, 9.17) is 0 Å². The van der Waals surface area contributed by atoms with Crippen LogP contribution in [0.4, 0.5) is 11.4 Å². The SMILES string of the molecule is CCCC[C@H](NC(=O)CCCCN1C(=CC=CC=CC2=[N+](C)c3ccccc3C2(C)C)C(C)(C)c2ccccc21)C(=O)N[C@@H](CC(C)C)C(=O)NC/C=C/C(=O)N(Cc1ccccc1)Cc1ccccc1.[Cl-]. The standard InChI is InChI=1S/C61H76N6O4.ClH/c1-9-10-33-50(59(71)64-51(42-45(2)3)58(70)62-40-26-39-57(69)66(43-46-27-14-11-15-28-46)44-47-29-16-12-17-30-47)63-56(68)38-24-25-41-67-53-35-23-21-32-49(53)61(6,7)55(67)37-19-13-18-36-54-60(4,5)48-31-20-22-34-52(48)65(54)8;/h11-23,26-32,34-37,39,45,50-51H,9-10,24-25,33,38,40-44H2,1-8H3,(H2-,62,63,64,68,70,71);1H/b39-26+;/t50-,51-;/m0./s1. The summed E-state index contributed by atoms with van der Waals surface area (Å²) in [6, 6.07) is 35.3. The second-order valence-corrected chi connectivity index (χ2v) is 20.4. The Hall–Kier alpha value is -6.52. The van der Waals surface area contributed by atoms with Gasteiger partial charge in [0.25, 0.3) is 0 Å². The first kappa shape index (κ1) is 56.4. The lowest BCUT2D eigenvalue weighted by Gasteiger charge is -2.27. The molecule has 0 aliphatic carbocycles. The molecule has 4 amide bonds. The van der Waals surface area contributed by atoms with Crippen molar-refractivity contribution in [3.05, 3.63) is 180 Å². The first-order valence-corrected chi connectivity index (χ1v) is 25.7. The molecule has 382 valence electrons. The molecular formula is C61H77ClN6O4. The smallest absolute Gasteiger partial charge is 0.246 e. The molecule has 10 nitrogen and oxygen atoms in total. The Labute approximate surface area is 435 Å². The number of unbranched alkanes of at least 4 members (excludes halogenated alkanes) is 2. The minimum Gasteiger partial charge on any atom is -1.00 e. The van der Waals surface area contributed by atoms with Gasteiger partial charge in [0.1, 0.15) is 19.1 Å². The Morgan fingerprint density at radius 3 is 1.97 bits per heavy atom. The number of halogens is 1. The number of nitrogens with one attached hydrogen (secondary N) is 3. The number of anilines is 1. The van der Waals surface area contributed by atoms with Crippen LogP contribution in [0.5, 0.6) is 0 Å². The van der Waals surface area contributed by atoms with Crippen LogP contribution in [-0.4, -0.2) is 71.0 Å². The topological polar surface area (TPSA) is 114 Å². The van der Waals surface area contributed by atoms with Crippen LogP contribution in [0.2, 0.25) is 0 Å². The number of rotatable bonds is 24. The Balaban J connectivity index is 0.00000963. The molecule has 0 fully saturated rings. The molecule has 0 spiro atoms. The zero-order valence-corrected chi connectivity index (χ0v) is 44.6. The van der Waals surface area contributed by atoms with Gasteiger partial charge in [0.05, 0.1) is 5.41 Å². The van der Waals surface area contributed by atoms with E-state index in [9.17, 15) is 19.2 Å². The van der Waals surface area contributed by atoms with E-state index < -0.39 is 12.1 Å². The highest BCUT2D eigenvalue weighted by molar-refractivity contribution is 6.03. The molecule has 0 aromatic heterocycles.